The molecule has 1 fully saturated rings. The first-order valence-corrected chi connectivity index (χ1v) is 12.9. The second-order valence-corrected chi connectivity index (χ2v) is 8.62. The van der Waals surface area contributed by atoms with Gasteiger partial charge >= 0.3 is 0 Å². The van der Waals surface area contributed by atoms with E-state index >= 15 is 0 Å². The van der Waals surface area contributed by atoms with Crippen molar-refractivity contribution >= 4 is 17.5 Å². The molecule has 0 unspecified atom stereocenters. The van der Waals surface area contributed by atoms with Crippen LogP contribution in [0.5, 0.6) is 0 Å². The van der Waals surface area contributed by atoms with Gasteiger partial charge in [0.15, 0.2) is 5.88 Å². The summed E-state index contributed by atoms with van der Waals surface area (Å²) in [7, 11) is 1.60. The van der Waals surface area contributed by atoms with Crippen molar-refractivity contribution in [2.75, 3.05) is 45.8 Å². The van der Waals surface area contributed by atoms with Crippen LogP contribution in [0.3, 0.4) is 0 Å². The molecule has 7 nitrogen and oxygen atoms in total. The summed E-state index contributed by atoms with van der Waals surface area (Å²) in [5.74, 6) is 1.72. The average Bonchev–Trinajstić information content (AvgIpc) is 2.83. The van der Waals surface area contributed by atoms with Crippen LogP contribution in [-0.2, 0) is 9.47 Å². The minimum Gasteiger partial charge on any atom is -0.482 e. The van der Waals surface area contributed by atoms with Gasteiger partial charge in [0.25, 0.3) is 0 Å². The molecule has 0 spiro atoms. The largest absolute Gasteiger partial charge is 0.482 e. The molecule has 0 radical (unpaired) electrons. The Morgan fingerprint density at radius 3 is 2.34 bits per heavy atom. The quantitative estimate of drug-likeness (QED) is 0.362. The Morgan fingerprint density at radius 1 is 1.19 bits per heavy atom. The number of thioether (sulfide) groups is 1. The number of allylic oxidation sites excluding steroid dienone is 2. The summed E-state index contributed by atoms with van der Waals surface area (Å²) in [5, 5.41) is 6.85. The molecule has 8 heteroatoms. The molecule has 0 bridgehead atoms. The van der Waals surface area contributed by atoms with E-state index < -0.39 is 0 Å². The van der Waals surface area contributed by atoms with E-state index in [1.807, 2.05) is 25.8 Å². The van der Waals surface area contributed by atoms with Gasteiger partial charge in [0.2, 0.25) is 0 Å². The lowest BCUT2D eigenvalue weighted by Gasteiger charge is -2.33. The maximum absolute atomic E-state index is 6.54. The molecule has 1 saturated heterocycles. The number of nitrogens with two attached hydrogens (primary N) is 2. The second-order valence-electron chi connectivity index (χ2n) is 7.66. The highest BCUT2D eigenvalue weighted by Gasteiger charge is 2.27. The van der Waals surface area contributed by atoms with E-state index in [1.165, 1.54) is 5.57 Å². The van der Waals surface area contributed by atoms with Gasteiger partial charge in [0, 0.05) is 24.7 Å². The molecule has 0 saturated carbocycles. The van der Waals surface area contributed by atoms with Gasteiger partial charge in [-0.15, -0.1) is 11.8 Å². The van der Waals surface area contributed by atoms with Gasteiger partial charge in [-0.3, -0.25) is 9.91 Å². The average molecular weight is 468 g/mol. The van der Waals surface area contributed by atoms with Crippen LogP contribution in [0.25, 0.3) is 0 Å². The Kier molecular flexibility index (Phi) is 13.5. The molecule has 2 heterocycles. The number of morpholine rings is 1. The van der Waals surface area contributed by atoms with Crippen LogP contribution in [0.1, 0.15) is 60.8 Å². The van der Waals surface area contributed by atoms with Crippen molar-refractivity contribution < 1.29 is 9.47 Å². The fraction of sp³-hybridized carbons (Fsp3) is 0.708. The van der Waals surface area contributed by atoms with Gasteiger partial charge in [0.1, 0.15) is 0 Å². The summed E-state index contributed by atoms with van der Waals surface area (Å²) in [6.45, 7) is 16.7. The summed E-state index contributed by atoms with van der Waals surface area (Å²) in [6, 6.07) is 0. The molecule has 184 valence electrons. The van der Waals surface area contributed by atoms with Crippen molar-refractivity contribution in [2.24, 2.45) is 22.5 Å². The number of ether oxygens (including phenoxy) is 2. The summed E-state index contributed by atoms with van der Waals surface area (Å²) >= 11 is 1.66. The van der Waals surface area contributed by atoms with Crippen molar-refractivity contribution in [3.63, 3.8) is 0 Å². The van der Waals surface area contributed by atoms with E-state index in [0.29, 0.717) is 18.2 Å². The highest BCUT2D eigenvalue weighted by Crippen LogP contribution is 2.35. The predicted molar refractivity (Wildman–Crippen MR) is 138 cm³/mol. The maximum Gasteiger partial charge on any atom is 0.200 e. The summed E-state index contributed by atoms with van der Waals surface area (Å²) < 4.78 is 10.9. The summed E-state index contributed by atoms with van der Waals surface area (Å²) in [5.41, 5.74) is 16.9. The molecule has 4 N–H and O–H groups in total. The van der Waals surface area contributed by atoms with Crippen LogP contribution >= 0.6 is 11.8 Å². The van der Waals surface area contributed by atoms with E-state index in [1.54, 1.807) is 18.9 Å². The molecule has 0 aromatic heterocycles. The zero-order chi connectivity index (χ0) is 24.1. The molecule has 2 rings (SSSR count). The van der Waals surface area contributed by atoms with E-state index in [0.717, 1.165) is 73.6 Å². The third-order valence-corrected chi connectivity index (χ3v) is 6.79. The van der Waals surface area contributed by atoms with Crippen molar-refractivity contribution in [1.29, 1.82) is 0 Å². The summed E-state index contributed by atoms with van der Waals surface area (Å²) in [6.07, 6.45) is 5.15. The fourth-order valence-electron chi connectivity index (χ4n) is 3.76. The Labute approximate surface area is 199 Å². The third-order valence-electron chi connectivity index (χ3n) is 5.61. The van der Waals surface area contributed by atoms with E-state index in [2.05, 4.69) is 31.7 Å². The SMILES string of the molecule is CC.CC/C(N)=C(\C(SCN1CCOCC1)=C(\N)OC)N1CC(C(CC)CC)=CC(C)=N1. The van der Waals surface area contributed by atoms with Crippen LogP contribution in [0.15, 0.2) is 38.9 Å². The Balaban J connectivity index is 0.00000249. The molecule has 32 heavy (non-hydrogen) atoms. The van der Waals surface area contributed by atoms with Crippen LogP contribution < -0.4 is 11.5 Å². The zero-order valence-corrected chi connectivity index (χ0v) is 22.1. The lowest BCUT2D eigenvalue weighted by atomic mass is 9.91. The van der Waals surface area contributed by atoms with Crippen molar-refractivity contribution in [1.82, 2.24) is 9.91 Å². The van der Waals surface area contributed by atoms with Gasteiger partial charge in [-0.25, -0.2) is 0 Å². The second kappa shape index (κ2) is 15.2. The number of hydrazone groups is 1. The van der Waals surface area contributed by atoms with Crippen LogP contribution in [0.2, 0.25) is 0 Å². The first kappa shape index (κ1) is 28.4. The Bertz CT molecular complexity index is 693. The highest BCUT2D eigenvalue weighted by atomic mass is 32.2. The molecule has 2 aliphatic rings. The number of rotatable bonds is 10. The third kappa shape index (κ3) is 8.05. The minimum absolute atomic E-state index is 0.381. The van der Waals surface area contributed by atoms with Gasteiger partial charge in [-0.2, -0.15) is 5.10 Å². The predicted octanol–water partition coefficient (Wildman–Crippen LogP) is 4.44. The number of hydrogen-bond acceptors (Lipinski definition) is 8. The first-order valence-electron chi connectivity index (χ1n) is 11.9. The van der Waals surface area contributed by atoms with Crippen molar-refractivity contribution in [3.8, 4) is 0 Å². The topological polar surface area (TPSA) is 89.3 Å². The smallest absolute Gasteiger partial charge is 0.200 e. The van der Waals surface area contributed by atoms with E-state index in [9.17, 15) is 0 Å². The van der Waals surface area contributed by atoms with Crippen molar-refractivity contribution in [3.05, 3.63) is 33.8 Å². The summed E-state index contributed by atoms with van der Waals surface area (Å²) in [4.78, 5) is 3.21. The molecule has 2 aliphatic heterocycles. The molecule has 0 aromatic rings. The monoisotopic (exact) mass is 467 g/mol. The minimum atomic E-state index is 0.381. The normalized spacial score (nSPS) is 18.8. The number of methoxy groups -OCH3 is 1. The van der Waals surface area contributed by atoms with Gasteiger partial charge in [-0.1, -0.05) is 34.6 Å². The first-order chi connectivity index (χ1) is 15.4. The lowest BCUT2D eigenvalue weighted by Crippen LogP contribution is -2.36. The van der Waals surface area contributed by atoms with Gasteiger partial charge in [-0.05, 0) is 43.8 Å². The Morgan fingerprint density at radius 2 is 1.81 bits per heavy atom. The lowest BCUT2D eigenvalue weighted by molar-refractivity contribution is 0.0474. The standard InChI is InChI=1S/C22H39N5O2S.C2H6/c1-6-17(7-2)18-13-16(4)25-27(14-18)20(19(23)8-3)21(22(24)28-5)30-15-26-9-11-29-12-10-26;1-2/h13,17H,6-12,14-15,23-24H2,1-5H3;1-2H3/b20-19-,22-21+;. The number of hydrogen-bond donors (Lipinski definition) is 2. The van der Waals surface area contributed by atoms with Crippen LogP contribution in [-0.4, -0.2) is 61.5 Å². The number of nitrogens with zero attached hydrogens (tertiary/aromatic N) is 3. The highest BCUT2D eigenvalue weighted by molar-refractivity contribution is 8.03. The van der Waals surface area contributed by atoms with E-state index in [-0.39, 0.29) is 0 Å². The molecule has 0 aromatic carbocycles. The molecule has 0 amide bonds. The van der Waals surface area contributed by atoms with Crippen LogP contribution in [0.4, 0.5) is 0 Å². The fourth-order valence-corrected chi connectivity index (χ4v) is 4.93. The van der Waals surface area contributed by atoms with Crippen molar-refractivity contribution in [2.45, 2.75) is 60.8 Å². The maximum atomic E-state index is 6.54. The van der Waals surface area contributed by atoms with E-state index in [4.69, 9.17) is 26.0 Å². The Hall–Kier alpha value is -1.64. The molecular weight excluding hydrogens is 422 g/mol. The van der Waals surface area contributed by atoms with Gasteiger partial charge in [0.05, 0.1) is 43.2 Å². The molecule has 0 atom stereocenters. The van der Waals surface area contributed by atoms with Crippen LogP contribution in [0, 0.1) is 5.92 Å². The molecular formula is C24H45N5O2S. The molecule has 0 aliphatic carbocycles. The zero-order valence-electron chi connectivity index (χ0n) is 21.2. The van der Waals surface area contributed by atoms with Gasteiger partial charge < -0.3 is 20.9 Å².